The van der Waals surface area contributed by atoms with Crippen molar-refractivity contribution in [1.82, 2.24) is 9.55 Å². The van der Waals surface area contributed by atoms with Gasteiger partial charge in [0.25, 0.3) is 5.56 Å². The highest BCUT2D eigenvalue weighted by atomic mass is 32.9. The minimum atomic E-state index is -2.83. The van der Waals surface area contributed by atoms with Crippen LogP contribution in [0.15, 0.2) is 27.9 Å². The van der Waals surface area contributed by atoms with Crippen LogP contribution in [0.5, 0.6) is 0 Å². The Balaban J connectivity index is 1.56. The molecule has 0 spiro atoms. The van der Waals surface area contributed by atoms with Crippen LogP contribution in [-0.4, -0.2) is 38.8 Å². The van der Waals surface area contributed by atoms with Gasteiger partial charge < -0.3 is 13.8 Å². The number of aromatic amines is 1. The van der Waals surface area contributed by atoms with Gasteiger partial charge in [-0.3, -0.25) is 14.3 Å². The number of H-pyrrole nitrogens is 1. The Morgan fingerprint density at radius 2 is 2.25 bits per heavy atom. The monoisotopic (exact) mass is 504 g/mol. The van der Waals surface area contributed by atoms with Crippen molar-refractivity contribution >= 4 is 28.9 Å². The Morgan fingerprint density at radius 1 is 1.53 bits per heavy atom. The Labute approximate surface area is 196 Å². The predicted molar refractivity (Wildman–Crippen MR) is 127 cm³/mol. The van der Waals surface area contributed by atoms with Gasteiger partial charge in [0.05, 0.1) is 12.2 Å². The molecule has 2 saturated heterocycles. The predicted octanol–water partition coefficient (Wildman–Crippen LogP) is 4.37. The van der Waals surface area contributed by atoms with Crippen LogP contribution in [0.2, 0.25) is 0 Å². The summed E-state index contributed by atoms with van der Waals surface area (Å²) in [4.78, 5) is 26.2. The number of nitrogens with one attached hydrogen (secondary N) is 1. The summed E-state index contributed by atoms with van der Waals surface area (Å²) in [6.07, 6.45) is 0.172. The molecule has 8 atom stereocenters. The Kier molecular flexibility index (Phi) is 6.68. The van der Waals surface area contributed by atoms with Crippen molar-refractivity contribution in [3.8, 4) is 0 Å². The zero-order chi connectivity index (χ0) is 23.4. The molecule has 2 aliphatic heterocycles. The zero-order valence-electron chi connectivity index (χ0n) is 18.7. The highest BCUT2D eigenvalue weighted by molar-refractivity contribution is 8.68. The molecular formula is C21H30FN2O5PS2. The quantitative estimate of drug-likeness (QED) is 0.471. The van der Waals surface area contributed by atoms with E-state index in [1.165, 1.54) is 17.6 Å². The molecule has 7 nitrogen and oxygen atoms in total. The zero-order valence-corrected chi connectivity index (χ0v) is 21.2. The smallest absolute Gasteiger partial charge is 0.330 e. The summed E-state index contributed by atoms with van der Waals surface area (Å²) < 4.78 is 35.0. The van der Waals surface area contributed by atoms with Crippen LogP contribution in [0.1, 0.15) is 58.2 Å². The van der Waals surface area contributed by atoms with Crippen molar-refractivity contribution in [3.63, 3.8) is 0 Å². The lowest BCUT2D eigenvalue weighted by Crippen LogP contribution is -2.39. The molecule has 1 saturated carbocycles. The van der Waals surface area contributed by atoms with E-state index in [0.717, 1.165) is 29.4 Å². The third kappa shape index (κ3) is 4.34. The van der Waals surface area contributed by atoms with E-state index in [2.05, 4.69) is 18.5 Å². The minimum Gasteiger partial charge on any atom is -0.349 e. The van der Waals surface area contributed by atoms with E-state index in [1.807, 2.05) is 13.8 Å². The normalized spacial score (nSPS) is 41.5. The molecule has 1 aliphatic carbocycles. The molecule has 0 aromatic carbocycles. The first kappa shape index (κ1) is 24.4. The van der Waals surface area contributed by atoms with Gasteiger partial charge in [-0.2, -0.15) is 0 Å². The van der Waals surface area contributed by atoms with Crippen molar-refractivity contribution in [2.24, 2.45) is 5.92 Å². The highest BCUT2D eigenvalue weighted by Crippen LogP contribution is 2.76. The Hall–Kier alpha value is -0.770. The van der Waals surface area contributed by atoms with Crippen molar-refractivity contribution < 1.29 is 18.2 Å². The maximum Gasteiger partial charge on any atom is 0.330 e. The second kappa shape index (κ2) is 8.78. The van der Waals surface area contributed by atoms with Gasteiger partial charge in [0.1, 0.15) is 6.10 Å². The summed E-state index contributed by atoms with van der Waals surface area (Å²) in [5.74, 6) is 0.391. The van der Waals surface area contributed by atoms with E-state index in [4.69, 9.17) is 25.6 Å². The van der Waals surface area contributed by atoms with Crippen molar-refractivity contribution in [2.45, 2.75) is 88.8 Å². The first-order valence-corrected chi connectivity index (χ1v) is 15.0. The number of allylic oxidation sites excluding steroid dienone is 1. The lowest BCUT2D eigenvalue weighted by molar-refractivity contribution is -0.0269. The summed E-state index contributed by atoms with van der Waals surface area (Å²) >= 11 is 7.37. The second-order valence-electron chi connectivity index (χ2n) is 9.23. The van der Waals surface area contributed by atoms with Crippen LogP contribution in [0.4, 0.5) is 4.39 Å². The SMILES string of the molecule is C=C(C)[C@H]1CC[C@@]2(C)S[P@](=S)(O[C@H]3[C@@H](F)[C@H](n4cc(C)c(=O)[nH]c4=O)O[C@@H]3CC)O[C@@H]2C1. The van der Waals surface area contributed by atoms with Crippen molar-refractivity contribution in [3.05, 3.63) is 44.8 Å². The van der Waals surface area contributed by atoms with Gasteiger partial charge >= 0.3 is 5.69 Å². The Bertz CT molecular complexity index is 1080. The number of aryl methyl sites for hydroxylation is 1. The topological polar surface area (TPSA) is 82.6 Å². The summed E-state index contributed by atoms with van der Waals surface area (Å²) in [5, 5.41) is 0. The first-order chi connectivity index (χ1) is 15.0. The molecule has 1 aromatic rings. The van der Waals surface area contributed by atoms with Gasteiger partial charge in [-0.25, -0.2) is 9.18 Å². The lowest BCUT2D eigenvalue weighted by Gasteiger charge is -2.37. The molecule has 178 valence electrons. The fourth-order valence-corrected chi connectivity index (χ4v) is 12.3. The van der Waals surface area contributed by atoms with Gasteiger partial charge in [0.15, 0.2) is 12.4 Å². The number of ether oxygens (including phenoxy) is 1. The number of nitrogens with zero attached hydrogens (tertiary/aromatic N) is 1. The van der Waals surface area contributed by atoms with Crippen molar-refractivity contribution in [2.75, 3.05) is 0 Å². The molecule has 32 heavy (non-hydrogen) atoms. The first-order valence-electron chi connectivity index (χ1n) is 10.9. The minimum absolute atomic E-state index is 0.0606. The summed E-state index contributed by atoms with van der Waals surface area (Å²) in [6, 6.07) is 0. The molecule has 0 amide bonds. The van der Waals surface area contributed by atoms with E-state index in [9.17, 15) is 9.59 Å². The molecule has 0 bridgehead atoms. The molecule has 0 unspecified atom stereocenters. The number of fused-ring (bicyclic) bond motifs is 1. The number of halogens is 1. The molecule has 0 radical (unpaired) electrons. The van der Waals surface area contributed by atoms with Gasteiger partial charge in [0, 0.05) is 16.5 Å². The maximum atomic E-state index is 15.6. The summed E-state index contributed by atoms with van der Waals surface area (Å²) in [6.45, 7) is 11.7. The summed E-state index contributed by atoms with van der Waals surface area (Å²) in [7, 11) is 0. The third-order valence-electron chi connectivity index (χ3n) is 6.78. The molecule has 3 heterocycles. The number of alkyl halides is 1. The molecule has 3 fully saturated rings. The standard InChI is InChI=1S/C21H30FN2O5PS2/c1-6-14-17(16(22)19(27-14)24-10-12(4)18(25)23-20(24)26)29-30(31)28-15-9-13(11(2)3)7-8-21(15,5)32-30/h10,13-17,19H,2,6-9H2,1,3-5H3,(H,23,25,26)/t13-,14+,15+,16+,17+,19+,21+,30-/m0/s1. The highest BCUT2D eigenvalue weighted by Gasteiger charge is 2.56. The largest absolute Gasteiger partial charge is 0.349 e. The average molecular weight is 505 g/mol. The van der Waals surface area contributed by atoms with E-state index < -0.39 is 41.6 Å². The number of rotatable bonds is 5. The van der Waals surface area contributed by atoms with Crippen molar-refractivity contribution in [1.29, 1.82) is 0 Å². The molecular weight excluding hydrogens is 474 g/mol. The molecule has 1 aromatic heterocycles. The molecule has 1 N–H and O–H groups in total. The fourth-order valence-electron chi connectivity index (χ4n) is 4.73. The Morgan fingerprint density at radius 3 is 2.91 bits per heavy atom. The number of hydrogen-bond acceptors (Lipinski definition) is 7. The average Bonchev–Trinajstić information content (AvgIpc) is 3.16. The van der Waals surface area contributed by atoms with E-state index in [1.54, 1.807) is 6.92 Å². The summed E-state index contributed by atoms with van der Waals surface area (Å²) in [5.41, 5.74) is -2.61. The molecule has 11 heteroatoms. The molecule has 3 aliphatic rings. The van der Waals surface area contributed by atoms with Gasteiger partial charge in [-0.05, 0) is 64.2 Å². The van der Waals surface area contributed by atoms with Gasteiger partial charge in [-0.15, -0.1) is 0 Å². The number of hydrogen-bond donors (Lipinski definition) is 1. The molecule has 4 rings (SSSR count). The van der Waals surface area contributed by atoms with Gasteiger partial charge in [0.2, 0.25) is 5.69 Å². The fraction of sp³-hybridized carbons (Fsp3) is 0.714. The van der Waals surface area contributed by atoms with Crippen LogP contribution < -0.4 is 11.2 Å². The third-order valence-corrected chi connectivity index (χ3v) is 12.5. The van der Waals surface area contributed by atoms with Crippen LogP contribution in [0.3, 0.4) is 0 Å². The second-order valence-corrected chi connectivity index (χ2v) is 15.8. The maximum absolute atomic E-state index is 15.6. The van der Waals surface area contributed by atoms with E-state index in [0.29, 0.717) is 17.9 Å². The van der Waals surface area contributed by atoms with Crippen LogP contribution >= 0.6 is 17.1 Å². The van der Waals surface area contributed by atoms with E-state index in [-0.39, 0.29) is 10.9 Å². The van der Waals surface area contributed by atoms with Crippen LogP contribution in [0, 0.1) is 12.8 Å². The van der Waals surface area contributed by atoms with Crippen LogP contribution in [-0.2, 0) is 25.6 Å². The lowest BCUT2D eigenvalue weighted by atomic mass is 9.77. The van der Waals surface area contributed by atoms with E-state index >= 15 is 4.39 Å². The number of aromatic nitrogens is 2. The van der Waals surface area contributed by atoms with Crippen LogP contribution in [0.25, 0.3) is 0 Å². The van der Waals surface area contributed by atoms with Gasteiger partial charge in [-0.1, -0.05) is 30.5 Å².